The van der Waals surface area contributed by atoms with Gasteiger partial charge in [0.2, 0.25) is 0 Å². The maximum atomic E-state index is 11.3. The van der Waals surface area contributed by atoms with E-state index in [-0.39, 0.29) is 0 Å². The first-order valence-electron chi connectivity index (χ1n) is 6.72. The number of anilines is 2. The molecule has 3 rings (SSSR count). The van der Waals surface area contributed by atoms with E-state index < -0.39 is 5.76 Å². The summed E-state index contributed by atoms with van der Waals surface area (Å²) in [5.74, 6) is -0.462. The zero-order valence-corrected chi connectivity index (χ0v) is 12.7. The number of thiophene rings is 1. The minimum Gasteiger partial charge on any atom is -0.408 e. The second-order valence-electron chi connectivity index (χ2n) is 5.17. The molecule has 0 fully saturated rings. The Morgan fingerprint density at radius 2 is 2.29 bits per heavy atom. The van der Waals surface area contributed by atoms with E-state index in [1.165, 1.54) is 4.88 Å². The summed E-state index contributed by atoms with van der Waals surface area (Å²) in [5.41, 5.74) is 8.74. The lowest BCUT2D eigenvalue weighted by Crippen LogP contribution is -2.31. The largest absolute Gasteiger partial charge is 0.417 e. The number of nitrogens with zero attached hydrogens (tertiary/aromatic N) is 1. The summed E-state index contributed by atoms with van der Waals surface area (Å²) in [4.78, 5) is 17.4. The maximum absolute atomic E-state index is 11.3. The second-order valence-corrected chi connectivity index (χ2v) is 6.20. The van der Waals surface area contributed by atoms with E-state index in [2.05, 4.69) is 34.3 Å². The van der Waals surface area contributed by atoms with Gasteiger partial charge in [0.15, 0.2) is 5.58 Å². The van der Waals surface area contributed by atoms with Crippen LogP contribution in [0.4, 0.5) is 11.4 Å². The van der Waals surface area contributed by atoms with E-state index in [9.17, 15) is 4.79 Å². The van der Waals surface area contributed by atoms with E-state index in [0.29, 0.717) is 22.8 Å². The number of hydrogen-bond acceptors (Lipinski definition) is 5. The molecule has 3 aromatic rings. The van der Waals surface area contributed by atoms with Crippen LogP contribution in [-0.2, 0) is 6.42 Å². The predicted molar refractivity (Wildman–Crippen MR) is 87.1 cm³/mol. The average Bonchev–Trinajstić information content (AvgIpc) is 3.05. The maximum Gasteiger partial charge on any atom is 0.417 e. The van der Waals surface area contributed by atoms with Crippen LogP contribution in [0.2, 0.25) is 0 Å². The molecule has 0 saturated heterocycles. The van der Waals surface area contributed by atoms with E-state index in [0.717, 1.165) is 12.1 Å². The third-order valence-electron chi connectivity index (χ3n) is 3.69. The van der Waals surface area contributed by atoms with Crippen molar-refractivity contribution in [1.29, 1.82) is 0 Å². The molecule has 1 atom stereocenters. The Morgan fingerprint density at radius 3 is 3.00 bits per heavy atom. The molecule has 3 N–H and O–H groups in total. The molecule has 0 aliphatic carbocycles. The Balaban J connectivity index is 1.91. The van der Waals surface area contributed by atoms with Crippen LogP contribution in [0.15, 0.2) is 38.9 Å². The Hall–Kier alpha value is -2.21. The Kier molecular flexibility index (Phi) is 3.47. The summed E-state index contributed by atoms with van der Waals surface area (Å²) in [6.45, 7) is 2.15. The summed E-state index contributed by atoms with van der Waals surface area (Å²) >= 11 is 1.75. The molecule has 110 valence electrons. The highest BCUT2D eigenvalue weighted by Crippen LogP contribution is 2.29. The number of aromatic nitrogens is 1. The van der Waals surface area contributed by atoms with Crippen molar-refractivity contribution in [2.75, 3.05) is 17.7 Å². The van der Waals surface area contributed by atoms with Gasteiger partial charge in [-0.05, 0) is 24.4 Å². The van der Waals surface area contributed by atoms with Gasteiger partial charge in [-0.15, -0.1) is 11.3 Å². The molecule has 0 aliphatic rings. The number of nitrogens with one attached hydrogen (secondary N) is 1. The van der Waals surface area contributed by atoms with Crippen LogP contribution < -0.4 is 16.4 Å². The first kappa shape index (κ1) is 13.8. The standard InChI is InChI=1S/C15H17N3O2S/c1-9(6-10-4-3-5-21-10)18(2)13-8-12-14(7-11(13)16)20-15(19)17-12/h3-5,7-9H,6,16H2,1-2H3,(H,17,19). The minimum atomic E-state index is -0.462. The van der Waals surface area contributed by atoms with Crippen molar-refractivity contribution in [3.63, 3.8) is 0 Å². The Bertz CT molecular complexity index is 804. The van der Waals surface area contributed by atoms with Crippen LogP contribution >= 0.6 is 11.3 Å². The molecule has 0 spiro atoms. The van der Waals surface area contributed by atoms with Gasteiger partial charge in [-0.2, -0.15) is 0 Å². The second kappa shape index (κ2) is 5.29. The summed E-state index contributed by atoms with van der Waals surface area (Å²) < 4.78 is 5.02. The Labute approximate surface area is 126 Å². The van der Waals surface area contributed by atoms with Crippen LogP contribution in [0.5, 0.6) is 0 Å². The van der Waals surface area contributed by atoms with Crippen molar-refractivity contribution in [3.8, 4) is 0 Å². The number of H-pyrrole nitrogens is 1. The predicted octanol–water partition coefficient (Wildman–Crippen LogP) is 2.83. The van der Waals surface area contributed by atoms with Gasteiger partial charge in [-0.1, -0.05) is 6.07 Å². The first-order chi connectivity index (χ1) is 10.0. The van der Waals surface area contributed by atoms with Crippen LogP contribution in [0.3, 0.4) is 0 Å². The van der Waals surface area contributed by atoms with Gasteiger partial charge >= 0.3 is 5.76 Å². The van der Waals surface area contributed by atoms with Gasteiger partial charge < -0.3 is 15.1 Å². The monoisotopic (exact) mass is 303 g/mol. The number of rotatable bonds is 4. The summed E-state index contributed by atoms with van der Waals surface area (Å²) in [5, 5.41) is 2.08. The molecular weight excluding hydrogens is 286 g/mol. The van der Waals surface area contributed by atoms with Gasteiger partial charge in [0.25, 0.3) is 0 Å². The Morgan fingerprint density at radius 1 is 1.48 bits per heavy atom. The van der Waals surface area contributed by atoms with Gasteiger partial charge in [0.05, 0.1) is 16.9 Å². The SMILES string of the molecule is CC(Cc1cccs1)N(C)c1cc2[nH]c(=O)oc2cc1N. The summed E-state index contributed by atoms with van der Waals surface area (Å²) in [6, 6.07) is 8.04. The van der Waals surface area contributed by atoms with E-state index in [1.807, 2.05) is 13.1 Å². The van der Waals surface area contributed by atoms with E-state index in [1.54, 1.807) is 17.4 Å². The summed E-state index contributed by atoms with van der Waals surface area (Å²) in [7, 11) is 2.01. The molecule has 2 heterocycles. The lowest BCUT2D eigenvalue weighted by Gasteiger charge is -2.28. The first-order valence-corrected chi connectivity index (χ1v) is 7.60. The van der Waals surface area contributed by atoms with Crippen LogP contribution in [0.1, 0.15) is 11.8 Å². The number of nitrogen functional groups attached to an aromatic ring is 1. The lowest BCUT2D eigenvalue weighted by molar-refractivity contribution is 0.555. The third-order valence-corrected chi connectivity index (χ3v) is 4.58. The molecule has 1 unspecified atom stereocenters. The summed E-state index contributed by atoms with van der Waals surface area (Å²) in [6.07, 6.45) is 0.952. The topological polar surface area (TPSA) is 75.3 Å². The number of aromatic amines is 1. The minimum absolute atomic E-state index is 0.294. The number of hydrogen-bond donors (Lipinski definition) is 2. The van der Waals surface area contributed by atoms with Crippen molar-refractivity contribution in [2.24, 2.45) is 0 Å². The van der Waals surface area contributed by atoms with Gasteiger partial charge in [-0.25, -0.2) is 4.79 Å². The van der Waals surface area contributed by atoms with Crippen LogP contribution in [0, 0.1) is 0 Å². The molecule has 2 aromatic heterocycles. The number of benzene rings is 1. The van der Waals surface area contributed by atoms with Crippen molar-refractivity contribution in [3.05, 3.63) is 45.1 Å². The van der Waals surface area contributed by atoms with Crippen molar-refractivity contribution < 1.29 is 4.42 Å². The highest BCUT2D eigenvalue weighted by Gasteiger charge is 2.16. The third kappa shape index (κ3) is 2.67. The zero-order valence-electron chi connectivity index (χ0n) is 11.9. The molecule has 21 heavy (non-hydrogen) atoms. The average molecular weight is 303 g/mol. The number of likely N-dealkylation sites (N-methyl/N-ethyl adjacent to an activating group) is 1. The number of oxazole rings is 1. The van der Waals surface area contributed by atoms with E-state index >= 15 is 0 Å². The fraction of sp³-hybridized carbons (Fsp3) is 0.267. The molecule has 0 aliphatic heterocycles. The highest BCUT2D eigenvalue weighted by atomic mass is 32.1. The fourth-order valence-corrected chi connectivity index (χ4v) is 3.23. The normalized spacial score (nSPS) is 12.7. The quantitative estimate of drug-likeness (QED) is 0.727. The van der Waals surface area contributed by atoms with Crippen LogP contribution in [-0.4, -0.2) is 18.1 Å². The van der Waals surface area contributed by atoms with Crippen molar-refractivity contribution in [2.45, 2.75) is 19.4 Å². The number of nitrogens with two attached hydrogens (primary N) is 1. The van der Waals surface area contributed by atoms with Crippen molar-refractivity contribution >= 4 is 33.8 Å². The molecule has 6 heteroatoms. The highest BCUT2D eigenvalue weighted by molar-refractivity contribution is 7.09. The van der Waals surface area contributed by atoms with Gasteiger partial charge in [0, 0.05) is 30.5 Å². The zero-order chi connectivity index (χ0) is 15.0. The molecule has 0 amide bonds. The molecule has 5 nitrogen and oxygen atoms in total. The molecule has 0 saturated carbocycles. The molecular formula is C15H17N3O2S. The smallest absolute Gasteiger partial charge is 0.408 e. The van der Waals surface area contributed by atoms with Crippen molar-refractivity contribution in [1.82, 2.24) is 4.98 Å². The molecule has 1 aromatic carbocycles. The fourth-order valence-electron chi connectivity index (χ4n) is 2.40. The lowest BCUT2D eigenvalue weighted by atomic mass is 10.1. The van der Waals surface area contributed by atoms with Gasteiger partial charge in [-0.3, -0.25) is 4.98 Å². The van der Waals surface area contributed by atoms with Gasteiger partial charge in [0.1, 0.15) is 0 Å². The van der Waals surface area contributed by atoms with E-state index in [4.69, 9.17) is 10.2 Å². The van der Waals surface area contributed by atoms with Crippen LogP contribution in [0.25, 0.3) is 11.1 Å². The number of fused-ring (bicyclic) bond motifs is 1. The molecule has 0 radical (unpaired) electrons. The molecule has 0 bridgehead atoms.